The highest BCUT2D eigenvalue weighted by molar-refractivity contribution is 14.0. The fourth-order valence-electron chi connectivity index (χ4n) is 2.56. The normalized spacial score (nSPS) is 17.7. The number of rotatable bonds is 7. The zero-order valence-corrected chi connectivity index (χ0v) is 18.8. The topological polar surface area (TPSA) is 98.7 Å². The first kappa shape index (κ1) is 23.2. The summed E-state index contributed by atoms with van der Waals surface area (Å²) in [6.45, 7) is 4.02. The van der Waals surface area contributed by atoms with E-state index in [9.17, 15) is 8.42 Å². The van der Waals surface area contributed by atoms with Crippen LogP contribution in [-0.2, 0) is 10.0 Å². The van der Waals surface area contributed by atoms with Gasteiger partial charge in [0.15, 0.2) is 5.96 Å². The van der Waals surface area contributed by atoms with Gasteiger partial charge in [-0.2, -0.15) is 0 Å². The summed E-state index contributed by atoms with van der Waals surface area (Å²) >= 11 is 6.20. The third-order valence-corrected chi connectivity index (χ3v) is 5.61. The second-order valence-electron chi connectivity index (χ2n) is 5.68. The average Bonchev–Trinajstić information content (AvgIpc) is 3.06. The number of hydrogen-bond acceptors (Lipinski definition) is 5. The van der Waals surface area contributed by atoms with E-state index in [4.69, 9.17) is 11.6 Å². The first-order chi connectivity index (χ1) is 11.9. The molecule has 0 bridgehead atoms. The van der Waals surface area contributed by atoms with Gasteiger partial charge in [0.2, 0.25) is 10.0 Å². The molecule has 1 unspecified atom stereocenters. The number of halogens is 2. The van der Waals surface area contributed by atoms with Gasteiger partial charge >= 0.3 is 0 Å². The molecule has 0 radical (unpaired) electrons. The van der Waals surface area contributed by atoms with Gasteiger partial charge in [-0.15, -0.1) is 24.0 Å². The van der Waals surface area contributed by atoms with Crippen molar-refractivity contribution in [2.75, 3.05) is 43.9 Å². The fraction of sp³-hybridized carbons (Fsp3) is 0.600. The van der Waals surface area contributed by atoms with Gasteiger partial charge in [0, 0.05) is 45.5 Å². The Labute approximate surface area is 177 Å². The van der Waals surface area contributed by atoms with Crippen molar-refractivity contribution in [2.45, 2.75) is 19.4 Å². The Hall–Kier alpha value is -0.850. The van der Waals surface area contributed by atoms with Crippen LogP contribution in [0, 0.1) is 0 Å². The lowest BCUT2D eigenvalue weighted by Crippen LogP contribution is -2.46. The number of nitrogens with one attached hydrogen (secondary N) is 3. The Morgan fingerprint density at radius 1 is 1.46 bits per heavy atom. The van der Waals surface area contributed by atoms with E-state index in [0.29, 0.717) is 24.1 Å². The molecule has 2 heterocycles. The minimum Gasteiger partial charge on any atom is -0.355 e. The van der Waals surface area contributed by atoms with Crippen molar-refractivity contribution in [3.63, 3.8) is 0 Å². The molecule has 3 N–H and O–H groups in total. The zero-order chi connectivity index (χ0) is 18.3. The molecule has 1 aliphatic rings. The molecule has 26 heavy (non-hydrogen) atoms. The second kappa shape index (κ2) is 11.1. The SMILES string of the molecule is CCS(=O)(=O)NCCNC(=NC)NC1CCN(c2ncccc2Cl)C1.I. The van der Waals surface area contributed by atoms with Crippen molar-refractivity contribution in [2.24, 2.45) is 4.99 Å². The molecule has 8 nitrogen and oxygen atoms in total. The number of aliphatic imine (C=N–C) groups is 1. The highest BCUT2D eigenvalue weighted by Crippen LogP contribution is 2.25. The summed E-state index contributed by atoms with van der Waals surface area (Å²) in [5.74, 6) is 1.52. The Morgan fingerprint density at radius 2 is 2.23 bits per heavy atom. The maximum absolute atomic E-state index is 11.4. The molecule has 0 amide bonds. The number of pyridine rings is 1. The molecule has 1 saturated heterocycles. The number of sulfonamides is 1. The van der Waals surface area contributed by atoms with Crippen molar-refractivity contribution in [1.29, 1.82) is 0 Å². The number of anilines is 1. The standard InChI is InChI=1S/C15H25ClN6O2S.HI/c1-3-25(23,24)20-9-8-19-15(17-2)21-12-6-10-22(11-12)14-13(16)5-4-7-18-14;/h4-5,7,12,20H,3,6,8-11H2,1-2H3,(H2,17,19,21);1H. The van der Waals surface area contributed by atoms with Gasteiger partial charge in [0.05, 0.1) is 10.8 Å². The Kier molecular flexibility index (Phi) is 9.90. The van der Waals surface area contributed by atoms with Crippen LogP contribution in [0.25, 0.3) is 0 Å². The van der Waals surface area contributed by atoms with Gasteiger partial charge in [-0.25, -0.2) is 18.1 Å². The van der Waals surface area contributed by atoms with Gasteiger partial charge in [0.25, 0.3) is 0 Å². The van der Waals surface area contributed by atoms with Gasteiger partial charge in [0.1, 0.15) is 5.82 Å². The minimum absolute atomic E-state index is 0. The minimum atomic E-state index is -3.16. The van der Waals surface area contributed by atoms with Crippen molar-refractivity contribution in [3.8, 4) is 0 Å². The highest BCUT2D eigenvalue weighted by atomic mass is 127. The van der Waals surface area contributed by atoms with E-state index in [1.807, 2.05) is 12.1 Å². The van der Waals surface area contributed by atoms with Crippen LogP contribution in [0.3, 0.4) is 0 Å². The summed E-state index contributed by atoms with van der Waals surface area (Å²) < 4.78 is 25.3. The van der Waals surface area contributed by atoms with Crippen molar-refractivity contribution in [1.82, 2.24) is 20.3 Å². The first-order valence-corrected chi connectivity index (χ1v) is 10.3. The third-order valence-electron chi connectivity index (χ3n) is 3.91. The largest absolute Gasteiger partial charge is 0.355 e. The summed E-state index contributed by atoms with van der Waals surface area (Å²) in [4.78, 5) is 10.7. The molecule has 0 aromatic carbocycles. The summed E-state index contributed by atoms with van der Waals surface area (Å²) in [7, 11) is -1.48. The Balaban J connectivity index is 0.00000338. The highest BCUT2D eigenvalue weighted by Gasteiger charge is 2.25. The van der Waals surface area contributed by atoms with E-state index in [-0.39, 0.29) is 35.8 Å². The van der Waals surface area contributed by atoms with Crippen LogP contribution in [0.5, 0.6) is 0 Å². The van der Waals surface area contributed by atoms with E-state index < -0.39 is 10.0 Å². The van der Waals surface area contributed by atoms with Crippen LogP contribution in [0.15, 0.2) is 23.3 Å². The number of aromatic nitrogens is 1. The molecule has 1 atom stereocenters. The molecule has 1 aromatic heterocycles. The number of guanidine groups is 1. The maximum Gasteiger partial charge on any atom is 0.211 e. The molecule has 148 valence electrons. The number of hydrogen-bond donors (Lipinski definition) is 3. The van der Waals surface area contributed by atoms with Gasteiger partial charge in [-0.3, -0.25) is 4.99 Å². The lowest BCUT2D eigenvalue weighted by atomic mass is 10.3. The lowest BCUT2D eigenvalue weighted by Gasteiger charge is -2.20. The molecular formula is C15H26ClIN6O2S. The lowest BCUT2D eigenvalue weighted by molar-refractivity contribution is 0.581. The van der Waals surface area contributed by atoms with Crippen molar-refractivity contribution < 1.29 is 8.42 Å². The summed E-state index contributed by atoms with van der Waals surface area (Å²) in [6.07, 6.45) is 2.68. The molecule has 0 spiro atoms. The summed E-state index contributed by atoms with van der Waals surface area (Å²) in [6, 6.07) is 3.87. The van der Waals surface area contributed by atoms with Crippen molar-refractivity contribution in [3.05, 3.63) is 23.4 Å². The van der Waals surface area contributed by atoms with E-state index >= 15 is 0 Å². The van der Waals surface area contributed by atoms with Crippen LogP contribution >= 0.6 is 35.6 Å². The first-order valence-electron chi connectivity index (χ1n) is 8.25. The molecule has 1 fully saturated rings. The van der Waals surface area contributed by atoms with Gasteiger partial charge in [-0.05, 0) is 25.5 Å². The Morgan fingerprint density at radius 3 is 2.88 bits per heavy atom. The van der Waals surface area contributed by atoms with E-state index in [0.717, 1.165) is 25.3 Å². The predicted octanol–water partition coefficient (Wildman–Crippen LogP) is 1.04. The molecule has 11 heteroatoms. The van der Waals surface area contributed by atoms with Gasteiger partial charge < -0.3 is 15.5 Å². The van der Waals surface area contributed by atoms with E-state index in [1.54, 1.807) is 20.2 Å². The molecular weight excluding hydrogens is 491 g/mol. The zero-order valence-electron chi connectivity index (χ0n) is 14.9. The maximum atomic E-state index is 11.4. The average molecular weight is 517 g/mol. The van der Waals surface area contributed by atoms with Crippen LogP contribution in [0.2, 0.25) is 5.02 Å². The second-order valence-corrected chi connectivity index (χ2v) is 8.18. The molecule has 0 aliphatic carbocycles. The van der Waals surface area contributed by atoms with Crippen molar-refractivity contribution >= 4 is 57.4 Å². The predicted molar refractivity (Wildman–Crippen MR) is 117 cm³/mol. The summed E-state index contributed by atoms with van der Waals surface area (Å²) in [5.41, 5.74) is 0. The quantitative estimate of drug-likeness (QED) is 0.217. The Bertz CT molecular complexity index is 703. The van der Waals surface area contributed by atoms with E-state index in [2.05, 4.69) is 30.2 Å². The summed E-state index contributed by atoms with van der Waals surface area (Å²) in [5, 5.41) is 7.10. The monoisotopic (exact) mass is 516 g/mol. The third kappa shape index (κ3) is 7.05. The van der Waals surface area contributed by atoms with Crippen LogP contribution < -0.4 is 20.3 Å². The molecule has 0 saturated carbocycles. The molecule has 1 aromatic rings. The van der Waals surface area contributed by atoms with Crippen LogP contribution in [0.4, 0.5) is 5.82 Å². The molecule has 2 rings (SSSR count). The molecule has 1 aliphatic heterocycles. The van der Waals surface area contributed by atoms with Crippen LogP contribution in [0.1, 0.15) is 13.3 Å². The fourth-order valence-corrected chi connectivity index (χ4v) is 3.42. The smallest absolute Gasteiger partial charge is 0.211 e. The van der Waals surface area contributed by atoms with E-state index in [1.165, 1.54) is 0 Å². The van der Waals surface area contributed by atoms with Crippen LogP contribution in [-0.4, -0.2) is 64.4 Å². The number of nitrogens with zero attached hydrogens (tertiary/aromatic N) is 3. The van der Waals surface area contributed by atoms with Gasteiger partial charge in [-0.1, -0.05) is 11.6 Å².